The van der Waals surface area contributed by atoms with Crippen molar-refractivity contribution < 1.29 is 13.3 Å². The normalized spacial score (nSPS) is 11.4. The summed E-state index contributed by atoms with van der Waals surface area (Å²) in [4.78, 5) is 10.0. The van der Waals surface area contributed by atoms with Crippen LogP contribution in [0.5, 0.6) is 0 Å². The molecule has 0 bridgehead atoms. The Morgan fingerprint density at radius 1 is 1.48 bits per heavy atom. The molecule has 0 heterocycles. The number of aryl methyl sites for hydroxylation is 1. The zero-order chi connectivity index (χ0) is 16.2. The first-order valence-electron chi connectivity index (χ1n) is 6.13. The highest BCUT2D eigenvalue weighted by atomic mass is 35.5. The van der Waals surface area contributed by atoms with E-state index in [-0.39, 0.29) is 23.0 Å². The van der Waals surface area contributed by atoms with Crippen LogP contribution in [0.3, 0.4) is 0 Å². The molecule has 0 aromatic heterocycles. The maximum Gasteiger partial charge on any atom is 0.289 e. The first kappa shape index (κ1) is 17.4. The van der Waals surface area contributed by atoms with Crippen LogP contribution in [-0.2, 0) is 10.0 Å². The first-order chi connectivity index (χ1) is 9.75. The number of hydrogen-bond acceptors (Lipinski definition) is 4. The predicted octanol–water partition coefficient (Wildman–Crippen LogP) is 2.59. The first-order valence-corrected chi connectivity index (χ1v) is 7.95. The number of rotatable bonds is 6. The molecule has 0 fully saturated rings. The Kier molecular flexibility index (Phi) is 5.72. The monoisotopic (exact) mass is 330 g/mol. The van der Waals surface area contributed by atoms with Gasteiger partial charge >= 0.3 is 0 Å². The number of halogens is 1. The largest absolute Gasteiger partial charge is 0.289 e. The number of nitro groups is 1. The average Bonchev–Trinajstić information content (AvgIpc) is 2.37. The minimum atomic E-state index is -3.90. The molecule has 8 heteroatoms. The van der Waals surface area contributed by atoms with Gasteiger partial charge < -0.3 is 0 Å². The zero-order valence-corrected chi connectivity index (χ0v) is 13.2. The molecule has 0 saturated heterocycles. The van der Waals surface area contributed by atoms with Gasteiger partial charge in [0.25, 0.3) is 5.69 Å². The molecule has 0 spiro atoms. The second kappa shape index (κ2) is 6.89. The SMILES string of the molecule is C#CCN(CCC)S(=O)(=O)c1cc([N+](=O)[O-])c(Cl)cc1C. The fraction of sp³-hybridized carbons (Fsp3) is 0.385. The number of sulfonamides is 1. The third-order valence-corrected chi connectivity index (χ3v) is 5.09. The Hall–Kier alpha value is -1.62. The van der Waals surface area contributed by atoms with Gasteiger partial charge in [-0.05, 0) is 25.0 Å². The number of benzene rings is 1. The number of nitro benzene ring substituents is 1. The van der Waals surface area contributed by atoms with Crippen molar-refractivity contribution in [3.63, 3.8) is 0 Å². The summed E-state index contributed by atoms with van der Waals surface area (Å²) in [6, 6.07) is 2.25. The summed E-state index contributed by atoms with van der Waals surface area (Å²) < 4.78 is 26.3. The molecule has 0 saturated carbocycles. The van der Waals surface area contributed by atoms with E-state index in [9.17, 15) is 18.5 Å². The van der Waals surface area contributed by atoms with Crippen LogP contribution >= 0.6 is 11.6 Å². The van der Waals surface area contributed by atoms with Crippen LogP contribution in [0.25, 0.3) is 0 Å². The lowest BCUT2D eigenvalue weighted by Gasteiger charge is -2.20. The summed E-state index contributed by atoms with van der Waals surface area (Å²) in [5.74, 6) is 2.28. The number of nitrogens with zero attached hydrogens (tertiary/aromatic N) is 2. The van der Waals surface area contributed by atoms with Crippen LogP contribution < -0.4 is 0 Å². The molecule has 1 aromatic carbocycles. The third-order valence-electron chi connectivity index (χ3n) is 2.80. The van der Waals surface area contributed by atoms with Crippen molar-refractivity contribution in [1.82, 2.24) is 4.31 Å². The van der Waals surface area contributed by atoms with E-state index in [0.717, 1.165) is 10.4 Å². The molecular weight excluding hydrogens is 316 g/mol. The smallest absolute Gasteiger partial charge is 0.258 e. The van der Waals surface area contributed by atoms with Gasteiger partial charge in [0.05, 0.1) is 16.4 Å². The Bertz CT molecular complexity index is 695. The lowest BCUT2D eigenvalue weighted by molar-refractivity contribution is -0.384. The quantitative estimate of drug-likeness (QED) is 0.456. The Morgan fingerprint density at radius 3 is 2.57 bits per heavy atom. The van der Waals surface area contributed by atoms with Crippen molar-refractivity contribution in [2.75, 3.05) is 13.1 Å². The average molecular weight is 331 g/mol. The molecule has 1 rings (SSSR count). The van der Waals surface area contributed by atoms with Crippen LogP contribution in [0.4, 0.5) is 5.69 Å². The van der Waals surface area contributed by atoms with Crippen LogP contribution in [0.2, 0.25) is 5.02 Å². The van der Waals surface area contributed by atoms with Crippen molar-refractivity contribution in [3.05, 3.63) is 32.8 Å². The van der Waals surface area contributed by atoms with E-state index in [2.05, 4.69) is 5.92 Å². The standard InChI is InChI=1S/C13H15ClN2O4S/c1-4-6-15(7-5-2)21(19,20)13-9-12(16(17)18)11(14)8-10(13)3/h1,8-9H,5-7H2,2-3H3. The second-order valence-corrected chi connectivity index (χ2v) is 6.68. The Labute approximate surface area is 128 Å². The van der Waals surface area contributed by atoms with Gasteiger partial charge in [-0.15, -0.1) is 6.42 Å². The van der Waals surface area contributed by atoms with Crippen LogP contribution in [0, 0.1) is 29.4 Å². The van der Waals surface area contributed by atoms with Crippen molar-refractivity contribution >= 4 is 27.3 Å². The van der Waals surface area contributed by atoms with Gasteiger partial charge in [0, 0.05) is 12.6 Å². The highest BCUT2D eigenvalue weighted by Gasteiger charge is 2.28. The Balaban J connectivity index is 3.46. The fourth-order valence-corrected chi connectivity index (χ4v) is 3.79. The molecule has 0 N–H and O–H groups in total. The summed E-state index contributed by atoms with van der Waals surface area (Å²) in [7, 11) is -3.90. The molecule has 0 atom stereocenters. The molecule has 21 heavy (non-hydrogen) atoms. The van der Waals surface area contributed by atoms with E-state index in [4.69, 9.17) is 18.0 Å². The topological polar surface area (TPSA) is 80.5 Å². The zero-order valence-electron chi connectivity index (χ0n) is 11.7. The van der Waals surface area contributed by atoms with Gasteiger partial charge in [-0.2, -0.15) is 4.31 Å². The van der Waals surface area contributed by atoms with E-state index in [1.807, 2.05) is 6.92 Å². The van der Waals surface area contributed by atoms with Crippen molar-refractivity contribution in [2.24, 2.45) is 0 Å². The van der Waals surface area contributed by atoms with E-state index in [0.29, 0.717) is 12.0 Å². The lowest BCUT2D eigenvalue weighted by Crippen LogP contribution is -2.32. The highest BCUT2D eigenvalue weighted by molar-refractivity contribution is 7.89. The molecular formula is C13H15ClN2O4S. The van der Waals surface area contributed by atoms with Crippen LogP contribution in [0.15, 0.2) is 17.0 Å². The fourth-order valence-electron chi connectivity index (χ4n) is 1.83. The number of terminal acetylenes is 1. The van der Waals surface area contributed by atoms with Gasteiger partial charge in [-0.1, -0.05) is 24.4 Å². The van der Waals surface area contributed by atoms with Crippen molar-refractivity contribution in [3.8, 4) is 12.3 Å². The molecule has 114 valence electrons. The van der Waals surface area contributed by atoms with Gasteiger partial charge in [-0.25, -0.2) is 8.42 Å². The van der Waals surface area contributed by atoms with E-state index < -0.39 is 20.6 Å². The van der Waals surface area contributed by atoms with E-state index in [1.54, 1.807) is 0 Å². The summed E-state index contributed by atoms with van der Waals surface area (Å²) in [5, 5.41) is 10.8. The molecule has 1 aromatic rings. The molecule has 0 aliphatic carbocycles. The molecule has 0 amide bonds. The minimum Gasteiger partial charge on any atom is -0.258 e. The van der Waals surface area contributed by atoms with Crippen molar-refractivity contribution in [1.29, 1.82) is 0 Å². The third kappa shape index (κ3) is 3.73. The molecule has 0 aliphatic heterocycles. The Morgan fingerprint density at radius 2 is 2.10 bits per heavy atom. The maximum absolute atomic E-state index is 12.6. The minimum absolute atomic E-state index is 0.0912. The van der Waals surface area contributed by atoms with E-state index in [1.165, 1.54) is 13.0 Å². The maximum atomic E-state index is 12.6. The summed E-state index contributed by atoms with van der Waals surface area (Å²) in [6.45, 7) is 3.49. The lowest BCUT2D eigenvalue weighted by atomic mass is 10.2. The van der Waals surface area contributed by atoms with Crippen molar-refractivity contribution in [2.45, 2.75) is 25.2 Å². The van der Waals surface area contributed by atoms with Crippen LogP contribution in [0.1, 0.15) is 18.9 Å². The summed E-state index contributed by atoms with van der Waals surface area (Å²) >= 11 is 5.77. The van der Waals surface area contributed by atoms with E-state index >= 15 is 0 Å². The molecule has 0 unspecified atom stereocenters. The molecule has 0 aliphatic rings. The van der Waals surface area contributed by atoms with Gasteiger partial charge in [0.1, 0.15) is 5.02 Å². The highest BCUT2D eigenvalue weighted by Crippen LogP contribution is 2.31. The van der Waals surface area contributed by atoms with Gasteiger partial charge in [-0.3, -0.25) is 10.1 Å². The van der Waals surface area contributed by atoms with Crippen LogP contribution in [-0.4, -0.2) is 30.7 Å². The molecule has 0 radical (unpaired) electrons. The molecule has 6 nitrogen and oxygen atoms in total. The second-order valence-electron chi connectivity index (χ2n) is 4.37. The number of hydrogen-bond donors (Lipinski definition) is 0. The predicted molar refractivity (Wildman–Crippen MR) is 80.7 cm³/mol. The summed E-state index contributed by atoms with van der Waals surface area (Å²) in [5.41, 5.74) is -0.110. The summed E-state index contributed by atoms with van der Waals surface area (Å²) in [6.07, 6.45) is 5.77. The van der Waals surface area contributed by atoms with Gasteiger partial charge in [0.2, 0.25) is 10.0 Å². The van der Waals surface area contributed by atoms with Gasteiger partial charge in [0.15, 0.2) is 0 Å².